The maximum absolute atomic E-state index is 5.82. The van der Waals surface area contributed by atoms with E-state index in [1.807, 2.05) is 18.2 Å². The summed E-state index contributed by atoms with van der Waals surface area (Å²) in [4.78, 5) is 14.2. The topological polar surface area (TPSA) is 56.1 Å². The molecule has 0 N–H and O–H groups in total. The zero-order valence-electron chi connectivity index (χ0n) is 15.5. The van der Waals surface area contributed by atoms with E-state index in [2.05, 4.69) is 46.5 Å². The minimum Gasteiger partial charge on any atom is -0.474 e. The Hall–Kier alpha value is -1.91. The first-order valence-electron chi connectivity index (χ1n) is 8.67. The number of ether oxygens (including phenoxy) is 2. The van der Waals surface area contributed by atoms with E-state index in [1.165, 1.54) is 0 Å². The average molecular weight is 329 g/mol. The van der Waals surface area contributed by atoms with Crippen LogP contribution in [-0.2, 0) is 9.47 Å². The summed E-state index contributed by atoms with van der Waals surface area (Å²) < 4.78 is 11.6. The molecular weight excluding hydrogens is 302 g/mol. The molecule has 2 atom stereocenters. The molecule has 5 heteroatoms. The van der Waals surface area contributed by atoms with Gasteiger partial charge in [-0.3, -0.25) is 0 Å². The molecule has 0 bridgehead atoms. The van der Waals surface area contributed by atoms with E-state index in [0.29, 0.717) is 36.8 Å². The van der Waals surface area contributed by atoms with Crippen molar-refractivity contribution in [3.05, 3.63) is 29.6 Å². The van der Waals surface area contributed by atoms with Gasteiger partial charge in [-0.2, -0.15) is 0 Å². The van der Waals surface area contributed by atoms with Crippen molar-refractivity contribution in [3.63, 3.8) is 0 Å². The monoisotopic (exact) mass is 329 g/mol. The van der Waals surface area contributed by atoms with Gasteiger partial charge in [0, 0.05) is 0 Å². The highest BCUT2D eigenvalue weighted by molar-refractivity contribution is 5.97. The third-order valence-electron chi connectivity index (χ3n) is 5.39. The number of hydrogen-bond acceptors (Lipinski definition) is 5. The smallest absolute Gasteiger partial charge is 0.236 e. The maximum Gasteiger partial charge on any atom is 0.236 e. The Morgan fingerprint density at radius 1 is 0.833 bits per heavy atom. The second kappa shape index (κ2) is 5.87. The summed E-state index contributed by atoms with van der Waals surface area (Å²) in [5.74, 6) is 2.04. The lowest BCUT2D eigenvalue weighted by molar-refractivity contribution is 0.223. The molecular formula is C19H27N3O2. The van der Waals surface area contributed by atoms with Gasteiger partial charge in [0.15, 0.2) is 0 Å². The fourth-order valence-electron chi connectivity index (χ4n) is 2.55. The standard InChI is InChI=1S/C19H27N3O2/c1-12(2)18(5)10-23-16(21-18)14-8-7-9-15(20-14)17-22-19(6,11-24-17)13(3)4/h7-9,12-13H,10-11H2,1-6H3/t18-,19-/m1/s1. The predicted molar refractivity (Wildman–Crippen MR) is 95.7 cm³/mol. The van der Waals surface area contributed by atoms with Gasteiger partial charge >= 0.3 is 0 Å². The van der Waals surface area contributed by atoms with Crippen LogP contribution in [0.2, 0.25) is 0 Å². The van der Waals surface area contributed by atoms with Crippen molar-refractivity contribution >= 4 is 11.8 Å². The highest BCUT2D eigenvalue weighted by atomic mass is 16.5. The Bertz CT molecular complexity index is 640. The summed E-state index contributed by atoms with van der Waals surface area (Å²) in [5, 5.41) is 0. The summed E-state index contributed by atoms with van der Waals surface area (Å²) in [5.41, 5.74) is 1.09. The molecule has 2 aliphatic rings. The first-order chi connectivity index (χ1) is 11.2. The van der Waals surface area contributed by atoms with Gasteiger partial charge in [0.1, 0.15) is 24.6 Å². The van der Waals surface area contributed by atoms with Crippen LogP contribution in [0.1, 0.15) is 52.9 Å². The molecule has 24 heavy (non-hydrogen) atoms. The molecule has 0 aliphatic carbocycles. The lowest BCUT2D eigenvalue weighted by Gasteiger charge is -2.22. The molecule has 0 spiro atoms. The van der Waals surface area contributed by atoms with Crippen LogP contribution in [0.3, 0.4) is 0 Å². The maximum atomic E-state index is 5.82. The summed E-state index contributed by atoms with van der Waals surface area (Å²) in [6.45, 7) is 14.1. The SMILES string of the molecule is CC(C)[C@@]1(C)COC(c2cccc(C3=N[C@@](C)(C(C)C)CO3)n2)=N1. The number of nitrogens with zero attached hydrogens (tertiary/aromatic N) is 3. The summed E-state index contributed by atoms with van der Waals surface area (Å²) in [6.07, 6.45) is 0. The Kier molecular flexibility index (Phi) is 4.14. The molecule has 2 aliphatic heterocycles. The van der Waals surface area contributed by atoms with E-state index < -0.39 is 0 Å². The van der Waals surface area contributed by atoms with Crippen LogP contribution in [0.25, 0.3) is 0 Å². The zero-order valence-corrected chi connectivity index (χ0v) is 15.5. The van der Waals surface area contributed by atoms with Crippen molar-refractivity contribution in [1.29, 1.82) is 0 Å². The van der Waals surface area contributed by atoms with Crippen LogP contribution in [0.5, 0.6) is 0 Å². The molecule has 0 amide bonds. The molecule has 0 fully saturated rings. The number of pyridine rings is 1. The summed E-state index contributed by atoms with van der Waals surface area (Å²) >= 11 is 0. The van der Waals surface area contributed by atoms with Crippen LogP contribution in [0.4, 0.5) is 0 Å². The molecule has 0 unspecified atom stereocenters. The first kappa shape index (κ1) is 16.9. The molecule has 1 aromatic rings. The summed E-state index contributed by atoms with van der Waals surface area (Å²) in [7, 11) is 0. The van der Waals surface area contributed by atoms with Crippen molar-refractivity contribution in [3.8, 4) is 0 Å². The Morgan fingerprint density at radius 3 is 1.58 bits per heavy atom. The minimum atomic E-state index is -0.190. The fourth-order valence-corrected chi connectivity index (χ4v) is 2.55. The van der Waals surface area contributed by atoms with Crippen molar-refractivity contribution < 1.29 is 9.47 Å². The largest absolute Gasteiger partial charge is 0.474 e. The number of aliphatic imine (C=N–C) groups is 2. The van der Waals surface area contributed by atoms with Gasteiger partial charge in [-0.1, -0.05) is 33.8 Å². The third-order valence-corrected chi connectivity index (χ3v) is 5.39. The third kappa shape index (κ3) is 2.92. The highest BCUT2D eigenvalue weighted by Crippen LogP contribution is 2.30. The Balaban J connectivity index is 1.89. The van der Waals surface area contributed by atoms with Gasteiger partial charge in [0.25, 0.3) is 0 Å². The Labute approximate surface area is 144 Å². The van der Waals surface area contributed by atoms with E-state index >= 15 is 0 Å². The van der Waals surface area contributed by atoms with E-state index in [-0.39, 0.29) is 11.1 Å². The number of rotatable bonds is 4. The molecule has 1 aromatic heterocycles. The Morgan fingerprint density at radius 2 is 1.25 bits per heavy atom. The average Bonchev–Trinajstić information content (AvgIpc) is 3.13. The van der Waals surface area contributed by atoms with E-state index in [0.717, 1.165) is 11.4 Å². The van der Waals surface area contributed by atoms with Gasteiger partial charge in [-0.15, -0.1) is 0 Å². The van der Waals surface area contributed by atoms with Crippen molar-refractivity contribution in [2.75, 3.05) is 13.2 Å². The van der Waals surface area contributed by atoms with Crippen LogP contribution >= 0.6 is 0 Å². The highest BCUT2D eigenvalue weighted by Gasteiger charge is 2.37. The van der Waals surface area contributed by atoms with E-state index in [9.17, 15) is 0 Å². The first-order valence-corrected chi connectivity index (χ1v) is 8.67. The van der Waals surface area contributed by atoms with Crippen molar-refractivity contribution in [2.45, 2.75) is 52.6 Å². The van der Waals surface area contributed by atoms with Gasteiger partial charge in [0.05, 0.1) is 11.1 Å². The molecule has 0 saturated carbocycles. The fraction of sp³-hybridized carbons (Fsp3) is 0.632. The van der Waals surface area contributed by atoms with Gasteiger partial charge in [-0.25, -0.2) is 15.0 Å². The van der Waals surface area contributed by atoms with Crippen LogP contribution < -0.4 is 0 Å². The lowest BCUT2D eigenvalue weighted by Crippen LogP contribution is -2.30. The van der Waals surface area contributed by atoms with Gasteiger partial charge in [0.2, 0.25) is 11.8 Å². The number of hydrogen-bond donors (Lipinski definition) is 0. The molecule has 3 rings (SSSR count). The lowest BCUT2D eigenvalue weighted by atomic mass is 9.91. The van der Waals surface area contributed by atoms with Crippen LogP contribution in [0, 0.1) is 11.8 Å². The molecule has 130 valence electrons. The van der Waals surface area contributed by atoms with E-state index in [1.54, 1.807) is 0 Å². The number of aromatic nitrogens is 1. The van der Waals surface area contributed by atoms with Crippen molar-refractivity contribution in [1.82, 2.24) is 4.98 Å². The quantitative estimate of drug-likeness (QED) is 0.850. The molecule has 0 aromatic carbocycles. The van der Waals surface area contributed by atoms with Crippen molar-refractivity contribution in [2.24, 2.45) is 21.8 Å². The van der Waals surface area contributed by atoms with E-state index in [4.69, 9.17) is 19.5 Å². The molecule has 0 radical (unpaired) electrons. The van der Waals surface area contributed by atoms with Gasteiger partial charge < -0.3 is 9.47 Å². The second-order valence-corrected chi connectivity index (χ2v) is 7.84. The summed E-state index contributed by atoms with van der Waals surface area (Å²) in [6, 6.07) is 5.79. The van der Waals surface area contributed by atoms with Crippen LogP contribution in [0.15, 0.2) is 28.2 Å². The minimum absolute atomic E-state index is 0.190. The second-order valence-electron chi connectivity index (χ2n) is 7.84. The molecule has 0 saturated heterocycles. The predicted octanol–water partition coefficient (Wildman–Crippen LogP) is 3.46. The normalized spacial score (nSPS) is 29.5. The van der Waals surface area contributed by atoms with Gasteiger partial charge in [-0.05, 0) is 37.8 Å². The molecule has 3 heterocycles. The van der Waals surface area contributed by atoms with Crippen LogP contribution in [-0.4, -0.2) is 41.1 Å². The molecule has 5 nitrogen and oxygen atoms in total. The zero-order chi connectivity index (χ0) is 17.5.